The molecule has 0 aromatic heterocycles. The van der Waals surface area contributed by atoms with E-state index in [0.717, 1.165) is 15.8 Å². The van der Waals surface area contributed by atoms with Crippen molar-refractivity contribution in [2.75, 3.05) is 7.11 Å². The minimum Gasteiger partial charge on any atom is -0.495 e. The topological polar surface area (TPSA) is 38.3 Å². The van der Waals surface area contributed by atoms with Gasteiger partial charge >= 0.3 is 0 Å². The van der Waals surface area contributed by atoms with Crippen molar-refractivity contribution in [2.24, 2.45) is 0 Å². The van der Waals surface area contributed by atoms with Gasteiger partial charge in [-0.2, -0.15) is 0 Å². The maximum absolute atomic E-state index is 11.7. The average molecular weight is 270 g/mol. The Kier molecular flexibility index (Phi) is 2.26. The smallest absolute Gasteiger partial charge is 0.252 e. The predicted octanol–water partition coefficient (Wildman–Crippen LogP) is 2.44. The van der Waals surface area contributed by atoms with Crippen molar-refractivity contribution >= 4 is 21.8 Å². The monoisotopic (exact) mass is 269 g/mol. The zero-order chi connectivity index (χ0) is 11.2. The lowest BCUT2D eigenvalue weighted by Gasteiger charge is -2.21. The first kappa shape index (κ1) is 10.5. The molecule has 0 unspecified atom stereocenters. The maximum Gasteiger partial charge on any atom is 0.252 e. The molecule has 15 heavy (non-hydrogen) atoms. The van der Waals surface area contributed by atoms with Crippen LogP contribution < -0.4 is 10.1 Å². The zero-order valence-electron chi connectivity index (χ0n) is 8.85. The SMILES string of the molecule is COc1c(Br)ccc2c1C(C)(C)NC2=O. The van der Waals surface area contributed by atoms with E-state index in [1.807, 2.05) is 26.0 Å². The molecule has 1 aliphatic heterocycles. The van der Waals surface area contributed by atoms with E-state index in [1.165, 1.54) is 0 Å². The normalized spacial score (nSPS) is 17.2. The number of nitrogens with one attached hydrogen (secondary N) is 1. The molecule has 0 saturated carbocycles. The highest BCUT2D eigenvalue weighted by atomic mass is 79.9. The predicted molar refractivity (Wildman–Crippen MR) is 61.2 cm³/mol. The molecule has 0 atom stereocenters. The van der Waals surface area contributed by atoms with Crippen LogP contribution >= 0.6 is 15.9 Å². The van der Waals surface area contributed by atoms with Crippen LogP contribution in [0.3, 0.4) is 0 Å². The Hall–Kier alpha value is -1.03. The number of hydrogen-bond donors (Lipinski definition) is 1. The zero-order valence-corrected chi connectivity index (χ0v) is 10.4. The fourth-order valence-electron chi connectivity index (χ4n) is 1.98. The van der Waals surface area contributed by atoms with Crippen molar-refractivity contribution < 1.29 is 9.53 Å². The molecule has 1 aliphatic rings. The molecule has 2 rings (SSSR count). The van der Waals surface area contributed by atoms with Crippen LogP contribution in [0.15, 0.2) is 16.6 Å². The Morgan fingerprint density at radius 1 is 1.40 bits per heavy atom. The van der Waals surface area contributed by atoms with E-state index in [1.54, 1.807) is 7.11 Å². The Morgan fingerprint density at radius 3 is 2.67 bits per heavy atom. The largest absolute Gasteiger partial charge is 0.495 e. The second-order valence-electron chi connectivity index (χ2n) is 4.08. The highest BCUT2D eigenvalue weighted by Gasteiger charge is 2.38. The Balaban J connectivity index is 2.75. The molecule has 80 valence electrons. The van der Waals surface area contributed by atoms with Crippen molar-refractivity contribution in [2.45, 2.75) is 19.4 Å². The van der Waals surface area contributed by atoms with Gasteiger partial charge in [0.15, 0.2) is 0 Å². The summed E-state index contributed by atoms with van der Waals surface area (Å²) < 4.78 is 6.20. The molecule has 0 radical (unpaired) electrons. The number of carbonyl (C=O) groups is 1. The van der Waals surface area contributed by atoms with Gasteiger partial charge in [0.25, 0.3) is 5.91 Å². The molecule has 1 amide bonds. The number of benzene rings is 1. The maximum atomic E-state index is 11.7. The number of methoxy groups -OCH3 is 1. The van der Waals surface area contributed by atoms with Gasteiger partial charge in [-0.05, 0) is 41.9 Å². The first-order valence-corrected chi connectivity index (χ1v) is 5.46. The molecule has 1 aromatic rings. The molecular formula is C11H12BrNO2. The standard InChI is InChI=1S/C11H12BrNO2/c1-11(2)8-6(10(14)13-11)4-5-7(12)9(8)15-3/h4-5H,1-3H3,(H,13,14). The lowest BCUT2D eigenvalue weighted by Crippen LogP contribution is -2.32. The molecule has 0 aliphatic carbocycles. The van der Waals surface area contributed by atoms with Crippen LogP contribution in [0.5, 0.6) is 5.75 Å². The molecule has 0 bridgehead atoms. The van der Waals surface area contributed by atoms with Gasteiger partial charge in [0, 0.05) is 11.1 Å². The number of amides is 1. The number of hydrogen-bond acceptors (Lipinski definition) is 2. The summed E-state index contributed by atoms with van der Waals surface area (Å²) in [7, 11) is 1.61. The number of rotatable bonds is 1. The quantitative estimate of drug-likeness (QED) is 0.851. The summed E-state index contributed by atoms with van der Waals surface area (Å²) in [4.78, 5) is 11.7. The highest BCUT2D eigenvalue weighted by molar-refractivity contribution is 9.10. The van der Waals surface area contributed by atoms with Crippen molar-refractivity contribution in [3.05, 3.63) is 27.7 Å². The first-order valence-electron chi connectivity index (χ1n) is 4.67. The van der Waals surface area contributed by atoms with E-state index in [0.29, 0.717) is 5.56 Å². The van der Waals surface area contributed by atoms with Gasteiger partial charge in [-0.3, -0.25) is 4.79 Å². The number of halogens is 1. The minimum atomic E-state index is -0.373. The van der Waals surface area contributed by atoms with E-state index in [4.69, 9.17) is 4.74 Å². The van der Waals surface area contributed by atoms with E-state index in [2.05, 4.69) is 21.2 Å². The fourth-order valence-corrected chi connectivity index (χ4v) is 2.47. The molecule has 1 N–H and O–H groups in total. The summed E-state index contributed by atoms with van der Waals surface area (Å²) in [5.74, 6) is 0.691. The second kappa shape index (κ2) is 3.23. The van der Waals surface area contributed by atoms with Crippen molar-refractivity contribution in [3.63, 3.8) is 0 Å². The van der Waals surface area contributed by atoms with Crippen LogP contribution in [0.4, 0.5) is 0 Å². The highest BCUT2D eigenvalue weighted by Crippen LogP contribution is 2.41. The summed E-state index contributed by atoms with van der Waals surface area (Å²) in [6, 6.07) is 3.64. The third-order valence-corrected chi connectivity index (χ3v) is 3.23. The lowest BCUT2D eigenvalue weighted by molar-refractivity contribution is 0.0940. The van der Waals surface area contributed by atoms with Crippen LogP contribution in [0.2, 0.25) is 0 Å². The molecule has 4 heteroatoms. The summed E-state index contributed by atoms with van der Waals surface area (Å²) in [5.41, 5.74) is 1.24. The van der Waals surface area contributed by atoms with E-state index in [9.17, 15) is 4.79 Å². The lowest BCUT2D eigenvalue weighted by atomic mass is 9.94. The van der Waals surface area contributed by atoms with Gasteiger partial charge < -0.3 is 10.1 Å². The van der Waals surface area contributed by atoms with Crippen LogP contribution in [0.1, 0.15) is 29.8 Å². The summed E-state index contributed by atoms with van der Waals surface area (Å²) in [6.07, 6.45) is 0. The third-order valence-electron chi connectivity index (χ3n) is 2.61. The van der Waals surface area contributed by atoms with Gasteiger partial charge in [0.1, 0.15) is 5.75 Å². The summed E-state index contributed by atoms with van der Waals surface area (Å²) >= 11 is 3.42. The van der Waals surface area contributed by atoms with Gasteiger partial charge in [0.05, 0.1) is 17.1 Å². The Labute approximate surface area is 96.9 Å². The van der Waals surface area contributed by atoms with Crippen molar-refractivity contribution in [1.29, 1.82) is 0 Å². The van der Waals surface area contributed by atoms with Gasteiger partial charge in [-0.25, -0.2) is 0 Å². The van der Waals surface area contributed by atoms with Gasteiger partial charge in [-0.15, -0.1) is 0 Å². The fraction of sp³-hybridized carbons (Fsp3) is 0.364. The van der Waals surface area contributed by atoms with Crippen LogP contribution in [-0.4, -0.2) is 13.0 Å². The molecule has 0 fully saturated rings. The average Bonchev–Trinajstić information content (AvgIpc) is 2.37. The van der Waals surface area contributed by atoms with Crippen molar-refractivity contribution in [1.82, 2.24) is 5.32 Å². The third kappa shape index (κ3) is 1.44. The number of fused-ring (bicyclic) bond motifs is 1. The summed E-state index contributed by atoms with van der Waals surface area (Å²) in [6.45, 7) is 3.93. The second-order valence-corrected chi connectivity index (χ2v) is 4.94. The molecule has 0 saturated heterocycles. The van der Waals surface area contributed by atoms with Gasteiger partial charge in [0.2, 0.25) is 0 Å². The number of ether oxygens (including phenoxy) is 1. The Bertz CT molecular complexity index is 440. The van der Waals surface area contributed by atoms with E-state index in [-0.39, 0.29) is 11.4 Å². The molecule has 3 nitrogen and oxygen atoms in total. The molecule has 1 aromatic carbocycles. The summed E-state index contributed by atoms with van der Waals surface area (Å²) in [5, 5.41) is 2.92. The van der Waals surface area contributed by atoms with Crippen LogP contribution in [0, 0.1) is 0 Å². The first-order chi connectivity index (χ1) is 6.97. The van der Waals surface area contributed by atoms with Crippen molar-refractivity contribution in [3.8, 4) is 5.75 Å². The molecular weight excluding hydrogens is 258 g/mol. The van der Waals surface area contributed by atoms with E-state index >= 15 is 0 Å². The Morgan fingerprint density at radius 2 is 2.07 bits per heavy atom. The van der Waals surface area contributed by atoms with E-state index < -0.39 is 0 Å². The van der Waals surface area contributed by atoms with Crippen LogP contribution in [-0.2, 0) is 5.54 Å². The van der Waals surface area contributed by atoms with Crippen LogP contribution in [0.25, 0.3) is 0 Å². The number of carbonyl (C=O) groups excluding carboxylic acids is 1. The van der Waals surface area contributed by atoms with Gasteiger partial charge in [-0.1, -0.05) is 0 Å². The minimum absolute atomic E-state index is 0.0409. The molecule has 0 spiro atoms. The molecule has 1 heterocycles.